The van der Waals surface area contributed by atoms with Crippen LogP contribution in [0.3, 0.4) is 0 Å². The molecule has 0 spiro atoms. The summed E-state index contributed by atoms with van der Waals surface area (Å²) >= 11 is 6.05. The Morgan fingerprint density at radius 3 is 2.67 bits per heavy atom. The maximum absolute atomic E-state index is 12.1. The number of carbonyl (C=O) groups excluding carboxylic acids is 1. The highest BCUT2D eigenvalue weighted by Gasteiger charge is 2.26. The van der Waals surface area contributed by atoms with Crippen molar-refractivity contribution < 1.29 is 14.3 Å². The Morgan fingerprint density at radius 2 is 1.86 bits per heavy atom. The van der Waals surface area contributed by atoms with Gasteiger partial charge < -0.3 is 14.8 Å². The largest absolute Gasteiger partial charge is 0.485 e. The zero-order valence-corrected chi connectivity index (χ0v) is 12.0. The Hall–Kier alpha value is -2.20. The van der Waals surface area contributed by atoms with E-state index in [1.165, 1.54) is 0 Å². The zero-order valence-electron chi connectivity index (χ0n) is 11.2. The number of ether oxygens (including phenoxy) is 2. The van der Waals surface area contributed by atoms with Crippen LogP contribution in [-0.4, -0.2) is 18.6 Å². The van der Waals surface area contributed by atoms with Crippen molar-refractivity contribution in [1.29, 1.82) is 0 Å². The molecule has 3 rings (SSSR count). The topological polar surface area (TPSA) is 47.6 Å². The lowest BCUT2D eigenvalue weighted by Crippen LogP contribution is -2.43. The minimum Gasteiger partial charge on any atom is -0.485 e. The summed E-state index contributed by atoms with van der Waals surface area (Å²) in [6, 6.07) is 14.7. The summed E-state index contributed by atoms with van der Waals surface area (Å²) in [5.74, 6) is 1.03. The molecule has 0 aromatic heterocycles. The van der Waals surface area contributed by atoms with E-state index in [1.54, 1.807) is 12.1 Å². The van der Waals surface area contributed by atoms with Gasteiger partial charge in [-0.3, -0.25) is 4.79 Å². The summed E-state index contributed by atoms with van der Waals surface area (Å²) < 4.78 is 11.2. The van der Waals surface area contributed by atoms with E-state index in [4.69, 9.17) is 21.1 Å². The fourth-order valence-electron chi connectivity index (χ4n) is 2.09. The highest BCUT2D eigenvalue weighted by atomic mass is 35.5. The average Bonchev–Trinajstić information content (AvgIpc) is 2.53. The third-order valence-electron chi connectivity index (χ3n) is 3.21. The van der Waals surface area contributed by atoms with Crippen molar-refractivity contribution in [3.63, 3.8) is 0 Å². The lowest BCUT2D eigenvalue weighted by atomic mass is 10.2. The number of para-hydroxylation sites is 2. The molecular weight excluding hydrogens is 290 g/mol. The van der Waals surface area contributed by atoms with E-state index in [2.05, 4.69) is 5.32 Å². The molecule has 2 aromatic carbocycles. The van der Waals surface area contributed by atoms with Crippen molar-refractivity contribution in [3.8, 4) is 11.5 Å². The molecule has 1 aliphatic rings. The van der Waals surface area contributed by atoms with Crippen LogP contribution in [-0.2, 0) is 11.3 Å². The molecule has 21 heavy (non-hydrogen) atoms. The van der Waals surface area contributed by atoms with Gasteiger partial charge in [-0.05, 0) is 23.8 Å². The van der Waals surface area contributed by atoms with Crippen molar-refractivity contribution in [3.05, 3.63) is 59.1 Å². The number of halogens is 1. The van der Waals surface area contributed by atoms with Crippen LogP contribution in [0.5, 0.6) is 11.5 Å². The lowest BCUT2D eigenvalue weighted by molar-refractivity contribution is -0.130. The monoisotopic (exact) mass is 303 g/mol. The normalized spacial score (nSPS) is 16.3. The van der Waals surface area contributed by atoms with E-state index in [-0.39, 0.29) is 12.5 Å². The summed E-state index contributed by atoms with van der Waals surface area (Å²) in [6.45, 7) is 0.561. The van der Waals surface area contributed by atoms with Crippen LogP contribution in [0.1, 0.15) is 5.56 Å². The third kappa shape index (κ3) is 3.11. The van der Waals surface area contributed by atoms with Gasteiger partial charge in [-0.2, -0.15) is 0 Å². The number of hydrogen-bond acceptors (Lipinski definition) is 3. The number of benzene rings is 2. The van der Waals surface area contributed by atoms with Gasteiger partial charge in [0.25, 0.3) is 5.91 Å². The van der Waals surface area contributed by atoms with Crippen molar-refractivity contribution in [2.24, 2.45) is 0 Å². The quantitative estimate of drug-likeness (QED) is 0.948. The minimum absolute atomic E-state index is 0.200. The van der Waals surface area contributed by atoms with Gasteiger partial charge in [0.05, 0.1) is 0 Å². The third-order valence-corrected chi connectivity index (χ3v) is 3.58. The molecule has 1 aliphatic heterocycles. The summed E-state index contributed by atoms with van der Waals surface area (Å²) in [4.78, 5) is 12.1. The second-order valence-corrected chi connectivity index (χ2v) is 5.08. The van der Waals surface area contributed by atoms with Crippen molar-refractivity contribution in [2.45, 2.75) is 12.6 Å². The molecule has 0 radical (unpaired) electrons. The van der Waals surface area contributed by atoms with Crippen LogP contribution in [0.25, 0.3) is 0 Å². The Bertz CT molecular complexity index is 659. The SMILES string of the molecule is O=C(NCc1ccccc1Cl)[C@@H]1COc2ccccc2O1. The molecule has 0 bridgehead atoms. The van der Waals surface area contributed by atoms with Crippen LogP contribution in [0.2, 0.25) is 5.02 Å². The molecular formula is C16H14ClNO3. The number of rotatable bonds is 3. The molecule has 0 fully saturated rings. The Balaban J connectivity index is 1.61. The van der Waals surface area contributed by atoms with Gasteiger partial charge in [0, 0.05) is 11.6 Å². The number of hydrogen-bond donors (Lipinski definition) is 1. The van der Waals surface area contributed by atoms with Crippen molar-refractivity contribution in [1.82, 2.24) is 5.32 Å². The highest BCUT2D eigenvalue weighted by Crippen LogP contribution is 2.30. The van der Waals surface area contributed by atoms with E-state index in [9.17, 15) is 4.79 Å². The molecule has 1 atom stereocenters. The number of carbonyl (C=O) groups is 1. The van der Waals surface area contributed by atoms with Gasteiger partial charge in [-0.1, -0.05) is 41.9 Å². The van der Waals surface area contributed by atoms with Gasteiger partial charge >= 0.3 is 0 Å². The number of amides is 1. The number of fused-ring (bicyclic) bond motifs is 1. The maximum Gasteiger partial charge on any atom is 0.264 e. The second-order valence-electron chi connectivity index (χ2n) is 4.67. The molecule has 0 saturated carbocycles. The first-order valence-corrected chi connectivity index (χ1v) is 7.01. The Morgan fingerprint density at radius 1 is 1.14 bits per heavy atom. The standard InChI is InChI=1S/C16H14ClNO3/c17-12-6-2-1-5-11(12)9-18-16(19)15-10-20-13-7-3-4-8-14(13)21-15/h1-8,15H,9-10H2,(H,18,19)/t15-/m0/s1. The predicted molar refractivity (Wildman–Crippen MR) is 79.7 cm³/mol. The fourth-order valence-corrected chi connectivity index (χ4v) is 2.29. The van der Waals surface area contributed by atoms with Crippen LogP contribution < -0.4 is 14.8 Å². The Labute approximate surface area is 127 Å². The van der Waals surface area contributed by atoms with E-state index < -0.39 is 6.10 Å². The second kappa shape index (κ2) is 6.06. The summed E-state index contributed by atoms with van der Waals surface area (Å²) in [7, 11) is 0. The van der Waals surface area contributed by atoms with Gasteiger partial charge in [0.2, 0.25) is 6.10 Å². The molecule has 1 heterocycles. The Kier molecular flexibility index (Phi) is 3.97. The first-order valence-electron chi connectivity index (χ1n) is 6.63. The van der Waals surface area contributed by atoms with Crippen LogP contribution in [0.4, 0.5) is 0 Å². The fraction of sp³-hybridized carbons (Fsp3) is 0.188. The smallest absolute Gasteiger partial charge is 0.264 e. The maximum atomic E-state index is 12.1. The summed E-state index contributed by atoms with van der Waals surface area (Å²) in [5, 5.41) is 3.44. The first-order chi connectivity index (χ1) is 10.2. The average molecular weight is 304 g/mol. The van der Waals surface area contributed by atoms with Gasteiger partial charge in [-0.25, -0.2) is 0 Å². The number of nitrogens with one attached hydrogen (secondary N) is 1. The molecule has 4 nitrogen and oxygen atoms in total. The van der Waals surface area contributed by atoms with E-state index in [0.717, 1.165) is 5.56 Å². The molecule has 108 valence electrons. The molecule has 0 aliphatic carbocycles. The zero-order chi connectivity index (χ0) is 14.7. The van der Waals surface area contributed by atoms with Crippen LogP contribution in [0.15, 0.2) is 48.5 Å². The van der Waals surface area contributed by atoms with Crippen LogP contribution >= 0.6 is 11.6 Å². The molecule has 5 heteroatoms. The van der Waals surface area contributed by atoms with E-state index >= 15 is 0 Å². The molecule has 1 N–H and O–H groups in total. The van der Waals surface area contributed by atoms with Gasteiger partial charge in [0.15, 0.2) is 11.5 Å². The summed E-state index contributed by atoms with van der Waals surface area (Å²) in [6.07, 6.45) is -0.651. The first kappa shape index (κ1) is 13.8. The van der Waals surface area contributed by atoms with E-state index in [1.807, 2.05) is 36.4 Å². The van der Waals surface area contributed by atoms with Gasteiger partial charge in [-0.15, -0.1) is 0 Å². The molecule has 0 unspecified atom stereocenters. The van der Waals surface area contributed by atoms with Crippen molar-refractivity contribution >= 4 is 17.5 Å². The minimum atomic E-state index is -0.651. The highest BCUT2D eigenvalue weighted by molar-refractivity contribution is 6.31. The van der Waals surface area contributed by atoms with Crippen LogP contribution in [0, 0.1) is 0 Å². The van der Waals surface area contributed by atoms with Crippen molar-refractivity contribution in [2.75, 3.05) is 6.61 Å². The summed E-state index contributed by atoms with van der Waals surface area (Å²) in [5.41, 5.74) is 0.865. The predicted octanol–water partition coefficient (Wildman–Crippen LogP) is 2.80. The molecule has 1 amide bonds. The molecule has 0 saturated heterocycles. The van der Waals surface area contributed by atoms with Gasteiger partial charge in [0.1, 0.15) is 6.61 Å². The lowest BCUT2D eigenvalue weighted by Gasteiger charge is -2.25. The van der Waals surface area contributed by atoms with E-state index in [0.29, 0.717) is 23.1 Å². The molecule has 2 aromatic rings.